The summed E-state index contributed by atoms with van der Waals surface area (Å²) in [5.74, 6) is 0. The van der Waals surface area contributed by atoms with Gasteiger partial charge in [-0.3, -0.25) is 0 Å². The number of alkyl halides is 4. The lowest BCUT2D eigenvalue weighted by molar-refractivity contribution is -0.990. The van der Waals surface area contributed by atoms with E-state index in [1.807, 2.05) is 0 Å². The van der Waals surface area contributed by atoms with Crippen LogP contribution in [0.3, 0.4) is 0 Å². The average molecular weight is 289 g/mol. The van der Waals surface area contributed by atoms with Gasteiger partial charge >= 0.3 is 12.2 Å². The van der Waals surface area contributed by atoms with E-state index in [0.717, 1.165) is 18.2 Å². The van der Waals surface area contributed by atoms with Gasteiger partial charge in [0.25, 0.3) is 0 Å². The molecular formula is C12H7F4NO3. The Morgan fingerprint density at radius 3 is 2.20 bits per heavy atom. The zero-order valence-corrected chi connectivity index (χ0v) is 9.66. The lowest BCUT2D eigenvalue weighted by Crippen LogP contribution is -2.99. The zero-order valence-electron chi connectivity index (χ0n) is 9.66. The van der Waals surface area contributed by atoms with Crippen LogP contribution in [0.2, 0.25) is 0 Å². The highest BCUT2D eigenvalue weighted by atomic mass is 19.3. The fraction of sp³-hybridized carbons (Fsp3) is 0.167. The molecule has 0 fully saturated rings. The van der Waals surface area contributed by atoms with Gasteiger partial charge in [-0.15, -0.1) is 0 Å². The first-order valence-corrected chi connectivity index (χ1v) is 5.50. The molecule has 2 aromatic carbocycles. The number of halogens is 4. The molecule has 106 valence electrons. The molecule has 2 aromatic rings. The van der Waals surface area contributed by atoms with Crippen LogP contribution >= 0.6 is 0 Å². The Balaban J connectivity index is 2.48. The third kappa shape index (κ3) is 1.70. The van der Waals surface area contributed by atoms with Crippen LogP contribution in [0.5, 0.6) is 0 Å². The molecule has 1 aliphatic rings. The number of hydrogen-bond donors (Lipinski definition) is 2. The van der Waals surface area contributed by atoms with Gasteiger partial charge in [-0.2, -0.15) is 22.8 Å². The number of ether oxygens (including phenoxy) is 1. The highest BCUT2D eigenvalue weighted by Crippen LogP contribution is 2.50. The van der Waals surface area contributed by atoms with Crippen LogP contribution in [0.25, 0.3) is 10.8 Å². The maximum Gasteiger partial charge on any atom is 0.388 e. The van der Waals surface area contributed by atoms with Crippen LogP contribution in [-0.4, -0.2) is 5.21 Å². The smallest absolute Gasteiger partial charge is 0.388 e. The first kappa shape index (κ1) is 13.3. The Hall–Kier alpha value is -1.74. The second-order valence-electron chi connectivity index (χ2n) is 4.33. The number of quaternary nitrogens is 1. The minimum atomic E-state index is -4.19. The molecule has 4 nitrogen and oxygen atoms in total. The van der Waals surface area contributed by atoms with Crippen LogP contribution in [0.15, 0.2) is 30.3 Å². The first-order valence-electron chi connectivity index (χ1n) is 5.50. The van der Waals surface area contributed by atoms with Crippen LogP contribution in [0.1, 0.15) is 11.1 Å². The summed E-state index contributed by atoms with van der Waals surface area (Å²) in [6.45, 7) is 0. The van der Waals surface area contributed by atoms with Crippen molar-refractivity contribution in [1.82, 2.24) is 0 Å². The summed E-state index contributed by atoms with van der Waals surface area (Å²) in [6, 6.07) is 5.07. The molecule has 0 bridgehead atoms. The summed E-state index contributed by atoms with van der Waals surface area (Å²) < 4.78 is 58.1. The Labute approximate surface area is 109 Å². The second kappa shape index (κ2) is 3.89. The van der Waals surface area contributed by atoms with Gasteiger partial charge in [0.15, 0.2) is 5.69 Å². The third-order valence-corrected chi connectivity index (χ3v) is 3.15. The molecule has 1 aliphatic heterocycles. The maximum atomic E-state index is 13.6. The molecule has 0 aromatic heterocycles. The Morgan fingerprint density at radius 2 is 1.60 bits per heavy atom. The lowest BCUT2D eigenvalue weighted by atomic mass is 9.94. The number of nitrogens with one attached hydrogen (secondary N) is 1. The zero-order chi connectivity index (χ0) is 14.7. The predicted octanol–water partition coefficient (Wildman–Crippen LogP) is 2.37. The fourth-order valence-corrected chi connectivity index (χ4v) is 2.35. The molecular weight excluding hydrogens is 282 g/mol. The Kier molecular flexibility index (Phi) is 2.58. The summed E-state index contributed by atoms with van der Waals surface area (Å²) in [5, 5.41) is 18.0. The van der Waals surface area contributed by atoms with E-state index in [-0.39, 0.29) is 11.1 Å². The van der Waals surface area contributed by atoms with Gasteiger partial charge < -0.3 is 5.21 Å². The van der Waals surface area contributed by atoms with E-state index >= 15 is 0 Å². The van der Waals surface area contributed by atoms with Crippen molar-refractivity contribution < 1.29 is 32.7 Å². The van der Waals surface area contributed by atoms with Crippen molar-refractivity contribution in [1.29, 1.82) is 0 Å². The van der Waals surface area contributed by atoms with Crippen molar-refractivity contribution in [3.8, 4) is 0 Å². The van der Waals surface area contributed by atoms with Crippen LogP contribution in [0.4, 0.5) is 23.2 Å². The summed E-state index contributed by atoms with van der Waals surface area (Å²) in [6.07, 6.45) is -8.37. The summed E-state index contributed by atoms with van der Waals surface area (Å²) in [4.78, 5) is 0. The SMILES string of the molecule is [O-][NH+](O)c1ccc2c3c(cccc13)C(F)(F)OC2(F)F. The van der Waals surface area contributed by atoms with Gasteiger partial charge in [-0.05, 0) is 18.2 Å². The molecule has 2 N–H and O–H groups in total. The first-order chi connectivity index (χ1) is 9.24. The van der Waals surface area contributed by atoms with Gasteiger partial charge in [0.2, 0.25) is 0 Å². The minimum Gasteiger partial charge on any atom is -0.595 e. The van der Waals surface area contributed by atoms with Crippen molar-refractivity contribution >= 4 is 16.5 Å². The number of rotatable bonds is 1. The molecule has 20 heavy (non-hydrogen) atoms. The van der Waals surface area contributed by atoms with Crippen molar-refractivity contribution in [2.24, 2.45) is 0 Å². The summed E-state index contributed by atoms with van der Waals surface area (Å²) in [5.41, 5.74) is -1.85. The molecule has 0 spiro atoms. The Bertz CT molecular complexity index is 682. The van der Waals surface area contributed by atoms with Crippen LogP contribution in [-0.2, 0) is 17.0 Å². The van der Waals surface area contributed by atoms with Gasteiger partial charge in [-0.25, -0.2) is 9.94 Å². The number of hydrogen-bond acceptors (Lipinski definition) is 3. The van der Waals surface area contributed by atoms with Crippen molar-refractivity contribution in [3.05, 3.63) is 46.7 Å². The van der Waals surface area contributed by atoms with E-state index in [0.29, 0.717) is 0 Å². The van der Waals surface area contributed by atoms with E-state index in [1.54, 1.807) is 0 Å². The Morgan fingerprint density at radius 1 is 1.00 bits per heavy atom. The van der Waals surface area contributed by atoms with Crippen molar-refractivity contribution in [3.63, 3.8) is 0 Å². The summed E-state index contributed by atoms with van der Waals surface area (Å²) >= 11 is 0. The number of benzene rings is 2. The molecule has 0 saturated carbocycles. The van der Waals surface area contributed by atoms with Crippen molar-refractivity contribution in [2.75, 3.05) is 0 Å². The molecule has 1 unspecified atom stereocenters. The monoisotopic (exact) mass is 289 g/mol. The van der Waals surface area contributed by atoms with E-state index in [2.05, 4.69) is 4.74 Å². The van der Waals surface area contributed by atoms with Gasteiger partial charge in [0.1, 0.15) is 0 Å². The topological polar surface area (TPSA) is 57.0 Å². The molecule has 1 atom stereocenters. The van der Waals surface area contributed by atoms with E-state index < -0.39 is 34.0 Å². The standard InChI is InChI=1S/C12H7F4NO3/c13-11(14)7-3-1-2-6-9(17(18)19)5-4-8(10(6)7)12(15,16)20-11/h1-5,17-18H. The summed E-state index contributed by atoms with van der Waals surface area (Å²) in [7, 11) is 0. The highest BCUT2D eigenvalue weighted by Gasteiger charge is 2.53. The fourth-order valence-electron chi connectivity index (χ4n) is 2.35. The van der Waals surface area contributed by atoms with E-state index in [9.17, 15) is 22.8 Å². The quantitative estimate of drug-likeness (QED) is 0.626. The van der Waals surface area contributed by atoms with E-state index in [1.165, 1.54) is 12.1 Å². The largest absolute Gasteiger partial charge is 0.595 e. The molecule has 0 radical (unpaired) electrons. The molecule has 0 amide bonds. The molecule has 0 aliphatic carbocycles. The van der Waals surface area contributed by atoms with Gasteiger partial charge in [0.05, 0.1) is 11.1 Å². The predicted molar refractivity (Wildman–Crippen MR) is 58.6 cm³/mol. The maximum absolute atomic E-state index is 13.6. The third-order valence-electron chi connectivity index (χ3n) is 3.15. The molecule has 8 heteroatoms. The van der Waals surface area contributed by atoms with E-state index in [4.69, 9.17) is 5.21 Å². The van der Waals surface area contributed by atoms with Crippen molar-refractivity contribution in [2.45, 2.75) is 12.2 Å². The molecule has 0 saturated heterocycles. The molecule has 3 rings (SSSR count). The second-order valence-corrected chi connectivity index (χ2v) is 4.33. The lowest BCUT2D eigenvalue weighted by Gasteiger charge is -2.31. The minimum absolute atomic E-state index is 0.171. The van der Waals surface area contributed by atoms with Crippen LogP contribution < -0.4 is 5.23 Å². The average Bonchev–Trinajstić information content (AvgIpc) is 2.33. The van der Waals surface area contributed by atoms with Crippen LogP contribution in [0, 0.1) is 5.21 Å². The van der Waals surface area contributed by atoms with Gasteiger partial charge in [-0.1, -0.05) is 6.07 Å². The van der Waals surface area contributed by atoms with Gasteiger partial charge in [0, 0.05) is 16.8 Å². The molecule has 1 heterocycles. The highest BCUT2D eigenvalue weighted by molar-refractivity contribution is 5.96. The normalized spacial score (nSPS) is 20.9.